The average molecular weight is 475 g/mol. The van der Waals surface area contributed by atoms with Crippen molar-refractivity contribution < 1.29 is 18.8 Å². The zero-order valence-electron chi connectivity index (χ0n) is 19.8. The number of carbonyl (C=O) groups excluding carboxylic acids is 2. The lowest BCUT2D eigenvalue weighted by Gasteiger charge is -2.38. The monoisotopic (exact) mass is 474 g/mol. The van der Waals surface area contributed by atoms with Crippen LogP contribution in [0.25, 0.3) is 0 Å². The van der Waals surface area contributed by atoms with Crippen LogP contribution >= 0.6 is 11.6 Å². The number of nitrogens with zero attached hydrogens (tertiary/aromatic N) is 1. The molecule has 180 valence electrons. The molecule has 0 aliphatic carbocycles. The smallest absolute Gasteiger partial charge is 0.319 e. The van der Waals surface area contributed by atoms with Crippen molar-refractivity contribution in [2.24, 2.45) is 0 Å². The number of anilines is 1. The third-order valence-electron chi connectivity index (χ3n) is 6.08. The molecule has 0 heterocycles. The molecule has 1 unspecified atom stereocenters. The third kappa shape index (κ3) is 10.3. The van der Waals surface area contributed by atoms with Crippen molar-refractivity contribution in [1.29, 1.82) is 0 Å². The van der Waals surface area contributed by atoms with Crippen molar-refractivity contribution >= 4 is 29.3 Å². The molecule has 0 radical (unpaired) electrons. The molecule has 0 aliphatic rings. The molecule has 0 fully saturated rings. The van der Waals surface area contributed by atoms with E-state index in [2.05, 4.69) is 29.7 Å². The van der Waals surface area contributed by atoms with Crippen molar-refractivity contribution in [1.82, 2.24) is 5.32 Å². The summed E-state index contributed by atoms with van der Waals surface area (Å²) in [6.07, 6.45) is 4.09. The molecular formula is C26H37ClN3O3+. The number of hydrogen-bond acceptors (Lipinski definition) is 3. The van der Waals surface area contributed by atoms with E-state index in [4.69, 9.17) is 16.3 Å². The molecular weight excluding hydrogens is 438 g/mol. The molecule has 0 aromatic heterocycles. The molecule has 7 heteroatoms. The Labute approximate surface area is 202 Å². The number of unbranched alkanes of at least 4 members (excludes halogenated alkanes) is 1. The van der Waals surface area contributed by atoms with Gasteiger partial charge in [0, 0.05) is 36.5 Å². The molecule has 6 nitrogen and oxygen atoms in total. The van der Waals surface area contributed by atoms with E-state index in [-0.39, 0.29) is 12.0 Å². The number of likely N-dealkylation sites (N-methyl/N-ethyl adjacent to an activating group) is 1. The molecule has 0 spiro atoms. The molecule has 2 N–H and O–H groups in total. The molecule has 2 aromatic rings. The zero-order chi connectivity index (χ0) is 23.9. The maximum absolute atomic E-state index is 12.2. The summed E-state index contributed by atoms with van der Waals surface area (Å²) in [6.45, 7) is 6.80. The highest BCUT2D eigenvalue weighted by Crippen LogP contribution is 2.16. The normalized spacial score (nSPS) is 12.6. The molecule has 0 aliphatic heterocycles. The van der Waals surface area contributed by atoms with Crippen molar-refractivity contribution in [3.63, 3.8) is 0 Å². The summed E-state index contributed by atoms with van der Waals surface area (Å²) in [6, 6.07) is 17.3. The second-order valence-electron chi connectivity index (χ2n) is 8.34. The number of benzene rings is 2. The fourth-order valence-corrected chi connectivity index (χ4v) is 4.08. The molecule has 2 aromatic carbocycles. The number of halogens is 1. The molecule has 2 rings (SSSR count). The molecule has 2 amide bonds. The largest absolute Gasteiger partial charge is 0.469 e. The van der Waals surface area contributed by atoms with Crippen molar-refractivity contribution in [2.75, 3.05) is 45.2 Å². The van der Waals surface area contributed by atoms with Crippen LogP contribution in [0.2, 0.25) is 5.02 Å². The number of para-hydroxylation sites is 1. The van der Waals surface area contributed by atoms with E-state index >= 15 is 0 Å². The van der Waals surface area contributed by atoms with Gasteiger partial charge in [0.15, 0.2) is 0 Å². The summed E-state index contributed by atoms with van der Waals surface area (Å²) < 4.78 is 5.72. The van der Waals surface area contributed by atoms with E-state index in [9.17, 15) is 9.59 Å². The minimum atomic E-state index is -0.185. The lowest BCUT2D eigenvalue weighted by molar-refractivity contribution is -0.926. The number of urea groups is 1. The summed E-state index contributed by atoms with van der Waals surface area (Å²) in [5.74, 6) is -0.153. The van der Waals surface area contributed by atoms with Gasteiger partial charge >= 0.3 is 12.0 Å². The van der Waals surface area contributed by atoms with Gasteiger partial charge in [0.05, 0.1) is 33.3 Å². The van der Waals surface area contributed by atoms with Crippen LogP contribution in [0.15, 0.2) is 54.6 Å². The predicted octanol–water partition coefficient (Wildman–Crippen LogP) is 5.27. The summed E-state index contributed by atoms with van der Waals surface area (Å²) >= 11 is 6.03. The topological polar surface area (TPSA) is 67.4 Å². The van der Waals surface area contributed by atoms with Crippen LogP contribution in [0.1, 0.15) is 38.2 Å². The van der Waals surface area contributed by atoms with Gasteiger partial charge in [-0.1, -0.05) is 41.9 Å². The Balaban J connectivity index is 1.87. The van der Waals surface area contributed by atoms with Gasteiger partial charge in [0.2, 0.25) is 0 Å². The average Bonchev–Trinajstić information content (AvgIpc) is 2.84. The van der Waals surface area contributed by atoms with E-state index in [0.29, 0.717) is 13.0 Å². The summed E-state index contributed by atoms with van der Waals surface area (Å²) in [5.41, 5.74) is 2.05. The maximum atomic E-state index is 12.2. The Morgan fingerprint density at radius 3 is 2.30 bits per heavy atom. The predicted molar refractivity (Wildman–Crippen MR) is 135 cm³/mol. The first-order chi connectivity index (χ1) is 16.0. The summed E-state index contributed by atoms with van der Waals surface area (Å²) in [4.78, 5) is 23.6. The van der Waals surface area contributed by atoms with Gasteiger partial charge < -0.3 is 19.9 Å². The van der Waals surface area contributed by atoms with E-state index in [1.807, 2.05) is 42.5 Å². The van der Waals surface area contributed by atoms with Crippen LogP contribution in [0.5, 0.6) is 0 Å². The number of ether oxygens (including phenoxy) is 1. The maximum Gasteiger partial charge on any atom is 0.319 e. The lowest BCUT2D eigenvalue weighted by atomic mass is 10.1. The molecule has 0 bridgehead atoms. The van der Waals surface area contributed by atoms with Gasteiger partial charge in [0.1, 0.15) is 0 Å². The first-order valence-electron chi connectivity index (χ1n) is 11.7. The van der Waals surface area contributed by atoms with Crippen molar-refractivity contribution in [2.45, 2.75) is 39.0 Å². The Kier molecular flexibility index (Phi) is 11.8. The van der Waals surface area contributed by atoms with Gasteiger partial charge in [-0.15, -0.1) is 0 Å². The van der Waals surface area contributed by atoms with Gasteiger partial charge in [-0.25, -0.2) is 4.79 Å². The Morgan fingerprint density at radius 1 is 0.939 bits per heavy atom. The minimum Gasteiger partial charge on any atom is -0.469 e. The Bertz CT molecular complexity index is 846. The molecule has 33 heavy (non-hydrogen) atoms. The first kappa shape index (κ1) is 26.7. The van der Waals surface area contributed by atoms with Gasteiger partial charge in [-0.2, -0.15) is 0 Å². The van der Waals surface area contributed by atoms with Crippen LogP contribution in [0.4, 0.5) is 10.5 Å². The number of quaternary nitrogens is 1. The highest BCUT2D eigenvalue weighted by atomic mass is 35.5. The Morgan fingerprint density at radius 2 is 1.64 bits per heavy atom. The van der Waals surface area contributed by atoms with E-state index in [1.54, 1.807) is 0 Å². The minimum absolute atomic E-state index is 0.153. The fourth-order valence-electron chi connectivity index (χ4n) is 3.96. The number of methoxy groups -OCH3 is 1. The number of rotatable bonds is 14. The molecule has 0 saturated carbocycles. The first-order valence-corrected chi connectivity index (χ1v) is 12.1. The highest BCUT2D eigenvalue weighted by Gasteiger charge is 2.24. The quantitative estimate of drug-likeness (QED) is 0.222. The Hall–Kier alpha value is -2.57. The third-order valence-corrected chi connectivity index (χ3v) is 6.33. The number of esters is 1. The van der Waals surface area contributed by atoms with E-state index < -0.39 is 0 Å². The van der Waals surface area contributed by atoms with Gasteiger partial charge in [-0.3, -0.25) is 4.79 Å². The molecule has 0 saturated heterocycles. The summed E-state index contributed by atoms with van der Waals surface area (Å²) in [7, 11) is 1.43. The van der Waals surface area contributed by atoms with Crippen LogP contribution in [-0.4, -0.2) is 56.3 Å². The van der Waals surface area contributed by atoms with Crippen molar-refractivity contribution in [3.05, 3.63) is 65.2 Å². The van der Waals surface area contributed by atoms with Crippen molar-refractivity contribution in [3.8, 4) is 0 Å². The van der Waals surface area contributed by atoms with Crippen LogP contribution < -0.4 is 10.6 Å². The van der Waals surface area contributed by atoms with E-state index in [1.165, 1.54) is 12.7 Å². The standard InChI is InChI=1S/C26H36ClN3O3/c1-3-30(19-8-7-12-25(31)33-2,21-17-22-13-15-23(27)16-14-22)20-9-18-28-26(32)29-24-10-5-4-6-11-24/h4-6,10-11,13-16H,3,7-9,12,17-21H2,1-2H3,(H-,28,29,32)/p+1. The van der Waals surface area contributed by atoms with Crippen LogP contribution in [0, 0.1) is 0 Å². The number of hydrogen-bond donors (Lipinski definition) is 2. The second kappa shape index (κ2) is 14.6. The van der Waals surface area contributed by atoms with Gasteiger partial charge in [0.25, 0.3) is 0 Å². The number of amides is 2. The number of nitrogens with one attached hydrogen (secondary N) is 2. The fraction of sp³-hybridized carbons (Fsp3) is 0.462. The zero-order valence-corrected chi connectivity index (χ0v) is 20.6. The lowest BCUT2D eigenvalue weighted by Crippen LogP contribution is -2.51. The molecule has 1 atom stereocenters. The number of carbonyl (C=O) groups is 2. The van der Waals surface area contributed by atoms with Gasteiger partial charge in [-0.05, 0) is 49.6 Å². The summed E-state index contributed by atoms with van der Waals surface area (Å²) in [5, 5.41) is 6.56. The highest BCUT2D eigenvalue weighted by molar-refractivity contribution is 6.30. The SMILES string of the molecule is CC[N+](CCCCC(=O)OC)(CCCNC(=O)Nc1ccccc1)CCc1ccc(Cl)cc1. The van der Waals surface area contributed by atoms with Crippen LogP contribution in [0.3, 0.4) is 0 Å². The van der Waals surface area contributed by atoms with Crippen LogP contribution in [-0.2, 0) is 16.0 Å². The van der Waals surface area contributed by atoms with E-state index in [0.717, 1.165) is 67.1 Å². The second-order valence-corrected chi connectivity index (χ2v) is 8.78.